The summed E-state index contributed by atoms with van der Waals surface area (Å²) in [5, 5.41) is 0. The summed E-state index contributed by atoms with van der Waals surface area (Å²) in [6, 6.07) is 7.05. The van der Waals surface area contributed by atoms with Crippen LogP contribution in [0.5, 0.6) is 0 Å². The van der Waals surface area contributed by atoms with Gasteiger partial charge in [-0.25, -0.2) is 0 Å². The Bertz CT molecular complexity index is 696. The lowest BCUT2D eigenvalue weighted by molar-refractivity contribution is -0.147. The molecule has 146 valence electrons. The van der Waals surface area contributed by atoms with Crippen LogP contribution in [0.15, 0.2) is 24.3 Å². The molecule has 3 amide bonds. The summed E-state index contributed by atoms with van der Waals surface area (Å²) >= 11 is 0. The summed E-state index contributed by atoms with van der Waals surface area (Å²) in [5.41, 5.74) is 6.90. The van der Waals surface area contributed by atoms with E-state index in [4.69, 9.17) is 5.73 Å². The van der Waals surface area contributed by atoms with Gasteiger partial charge in [0.15, 0.2) is 0 Å². The first-order valence-corrected chi connectivity index (χ1v) is 9.63. The van der Waals surface area contributed by atoms with Crippen molar-refractivity contribution in [3.63, 3.8) is 0 Å². The maximum atomic E-state index is 12.9. The minimum absolute atomic E-state index is 0.00825. The molecule has 7 heteroatoms. The fraction of sp³-hybridized carbons (Fsp3) is 0.550. The van der Waals surface area contributed by atoms with Crippen molar-refractivity contribution in [2.45, 2.75) is 38.8 Å². The first kappa shape index (κ1) is 19.4. The molecule has 1 atom stereocenters. The standard InChI is InChI=1S/C20H28N4O3/c1-15(25)24-9-3-2-4-18(24)20(27)23-12-10-22(11-13-23)14-16-5-7-17(8-6-16)19(21)26/h5-8,18H,2-4,9-14H2,1H3,(H2,21,26). The fourth-order valence-electron chi connectivity index (χ4n) is 3.93. The molecule has 1 aromatic carbocycles. The van der Waals surface area contributed by atoms with Crippen LogP contribution in [0.3, 0.4) is 0 Å². The van der Waals surface area contributed by atoms with Gasteiger partial charge in [0.2, 0.25) is 17.7 Å². The molecule has 3 rings (SSSR count). The second-order valence-electron chi connectivity index (χ2n) is 7.39. The number of carbonyl (C=O) groups is 3. The lowest BCUT2D eigenvalue weighted by Crippen LogP contribution is -2.56. The molecule has 2 saturated heterocycles. The predicted octanol–water partition coefficient (Wildman–Crippen LogP) is 0.831. The maximum absolute atomic E-state index is 12.9. The number of hydrogen-bond acceptors (Lipinski definition) is 4. The average molecular weight is 372 g/mol. The van der Waals surface area contributed by atoms with Crippen molar-refractivity contribution >= 4 is 17.7 Å². The van der Waals surface area contributed by atoms with Crippen molar-refractivity contribution in [1.29, 1.82) is 0 Å². The average Bonchev–Trinajstić information content (AvgIpc) is 2.68. The molecule has 0 bridgehead atoms. The topological polar surface area (TPSA) is 87.0 Å². The Hall–Kier alpha value is -2.41. The molecule has 1 aromatic rings. The van der Waals surface area contributed by atoms with Gasteiger partial charge < -0.3 is 15.5 Å². The first-order valence-electron chi connectivity index (χ1n) is 9.63. The van der Waals surface area contributed by atoms with Crippen molar-refractivity contribution in [1.82, 2.24) is 14.7 Å². The summed E-state index contributed by atoms with van der Waals surface area (Å²) in [4.78, 5) is 41.8. The Morgan fingerprint density at radius 2 is 1.67 bits per heavy atom. The predicted molar refractivity (Wildman–Crippen MR) is 102 cm³/mol. The molecule has 2 fully saturated rings. The van der Waals surface area contributed by atoms with Crippen molar-refractivity contribution < 1.29 is 14.4 Å². The molecule has 0 aromatic heterocycles. The molecule has 7 nitrogen and oxygen atoms in total. The largest absolute Gasteiger partial charge is 0.366 e. The third kappa shape index (κ3) is 4.66. The highest BCUT2D eigenvalue weighted by Crippen LogP contribution is 2.20. The number of rotatable bonds is 4. The highest BCUT2D eigenvalue weighted by molar-refractivity contribution is 5.92. The number of nitrogens with two attached hydrogens (primary N) is 1. The Labute approximate surface area is 160 Å². The van der Waals surface area contributed by atoms with Crippen molar-refractivity contribution in [2.75, 3.05) is 32.7 Å². The highest BCUT2D eigenvalue weighted by Gasteiger charge is 2.34. The number of primary amides is 1. The van der Waals surface area contributed by atoms with E-state index in [0.29, 0.717) is 25.2 Å². The maximum Gasteiger partial charge on any atom is 0.248 e. The van der Waals surface area contributed by atoms with E-state index in [9.17, 15) is 14.4 Å². The Morgan fingerprint density at radius 3 is 2.26 bits per heavy atom. The van der Waals surface area contributed by atoms with E-state index in [-0.39, 0.29) is 17.9 Å². The Morgan fingerprint density at radius 1 is 1.00 bits per heavy atom. The number of benzene rings is 1. The molecule has 0 spiro atoms. The third-order valence-corrected chi connectivity index (χ3v) is 5.52. The van der Waals surface area contributed by atoms with Gasteiger partial charge in [-0.1, -0.05) is 12.1 Å². The normalized spacial score (nSPS) is 21.1. The van der Waals surface area contributed by atoms with Crippen molar-refractivity contribution in [2.24, 2.45) is 5.73 Å². The van der Waals surface area contributed by atoms with Gasteiger partial charge in [-0.2, -0.15) is 0 Å². The SMILES string of the molecule is CC(=O)N1CCCCC1C(=O)N1CCN(Cc2ccc(C(N)=O)cc2)CC1. The van der Waals surface area contributed by atoms with Gasteiger partial charge in [0.25, 0.3) is 0 Å². The number of carbonyl (C=O) groups excluding carboxylic acids is 3. The van der Waals surface area contributed by atoms with E-state index in [2.05, 4.69) is 4.90 Å². The van der Waals surface area contributed by atoms with E-state index in [0.717, 1.165) is 44.5 Å². The van der Waals surface area contributed by atoms with Crippen LogP contribution < -0.4 is 5.73 Å². The van der Waals surface area contributed by atoms with Crippen molar-refractivity contribution in [3.8, 4) is 0 Å². The minimum Gasteiger partial charge on any atom is -0.366 e. The van der Waals surface area contributed by atoms with Crippen LogP contribution >= 0.6 is 0 Å². The van der Waals surface area contributed by atoms with Crippen LogP contribution in [-0.4, -0.2) is 71.2 Å². The van der Waals surface area contributed by atoms with Gasteiger partial charge in [0.1, 0.15) is 6.04 Å². The summed E-state index contributed by atoms with van der Waals surface area (Å²) in [6.45, 7) is 5.98. The van der Waals surface area contributed by atoms with Crippen molar-refractivity contribution in [3.05, 3.63) is 35.4 Å². The number of piperazine rings is 1. The second kappa shape index (κ2) is 8.52. The van der Waals surface area contributed by atoms with E-state index < -0.39 is 5.91 Å². The fourth-order valence-corrected chi connectivity index (χ4v) is 3.93. The van der Waals surface area contributed by atoms with Gasteiger partial charge in [0.05, 0.1) is 0 Å². The van der Waals surface area contributed by atoms with E-state index in [1.165, 1.54) is 0 Å². The van der Waals surface area contributed by atoms with Crippen LogP contribution in [0, 0.1) is 0 Å². The summed E-state index contributed by atoms with van der Waals surface area (Å²) in [7, 11) is 0. The molecule has 2 aliphatic heterocycles. The Kier molecular flexibility index (Phi) is 6.11. The molecule has 0 saturated carbocycles. The first-order chi connectivity index (χ1) is 13.0. The molecular weight excluding hydrogens is 344 g/mol. The van der Waals surface area contributed by atoms with Crippen LogP contribution in [-0.2, 0) is 16.1 Å². The van der Waals surface area contributed by atoms with E-state index in [1.807, 2.05) is 17.0 Å². The number of amides is 3. The quantitative estimate of drug-likeness (QED) is 0.848. The zero-order valence-electron chi connectivity index (χ0n) is 15.9. The lowest BCUT2D eigenvalue weighted by Gasteiger charge is -2.40. The highest BCUT2D eigenvalue weighted by atomic mass is 16.2. The van der Waals surface area contributed by atoms with Gasteiger partial charge >= 0.3 is 0 Å². The smallest absolute Gasteiger partial charge is 0.248 e. The number of likely N-dealkylation sites (tertiary alicyclic amines) is 1. The number of piperidine rings is 1. The molecule has 1 unspecified atom stereocenters. The van der Waals surface area contributed by atoms with Crippen LogP contribution in [0.1, 0.15) is 42.1 Å². The number of hydrogen-bond donors (Lipinski definition) is 1. The van der Waals surface area contributed by atoms with Crippen LogP contribution in [0.4, 0.5) is 0 Å². The minimum atomic E-state index is -0.420. The lowest BCUT2D eigenvalue weighted by atomic mass is 10.0. The van der Waals surface area contributed by atoms with Gasteiger partial charge in [0, 0.05) is 51.8 Å². The van der Waals surface area contributed by atoms with E-state index in [1.54, 1.807) is 24.0 Å². The van der Waals surface area contributed by atoms with Gasteiger partial charge in [-0.05, 0) is 37.0 Å². The van der Waals surface area contributed by atoms with Crippen LogP contribution in [0.25, 0.3) is 0 Å². The molecule has 2 aliphatic rings. The zero-order valence-corrected chi connectivity index (χ0v) is 15.9. The van der Waals surface area contributed by atoms with Crippen LogP contribution in [0.2, 0.25) is 0 Å². The molecular formula is C20H28N4O3. The Balaban J connectivity index is 1.52. The second-order valence-corrected chi connectivity index (χ2v) is 7.39. The summed E-state index contributed by atoms with van der Waals surface area (Å²) < 4.78 is 0. The van der Waals surface area contributed by atoms with Gasteiger partial charge in [-0.3, -0.25) is 19.3 Å². The molecule has 27 heavy (non-hydrogen) atoms. The summed E-state index contributed by atoms with van der Waals surface area (Å²) in [5.74, 6) is -0.336. The molecule has 2 heterocycles. The van der Waals surface area contributed by atoms with Gasteiger partial charge in [-0.15, -0.1) is 0 Å². The number of nitrogens with zero attached hydrogens (tertiary/aromatic N) is 3. The molecule has 2 N–H and O–H groups in total. The monoisotopic (exact) mass is 372 g/mol. The molecule has 0 aliphatic carbocycles. The zero-order chi connectivity index (χ0) is 19.4. The molecule has 0 radical (unpaired) electrons. The van der Waals surface area contributed by atoms with E-state index >= 15 is 0 Å². The third-order valence-electron chi connectivity index (χ3n) is 5.52. The summed E-state index contributed by atoms with van der Waals surface area (Å²) in [6.07, 6.45) is 2.75.